The number of rotatable bonds is 8. The van der Waals surface area contributed by atoms with Crippen LogP contribution in [0.1, 0.15) is 29.7 Å². The van der Waals surface area contributed by atoms with Gasteiger partial charge in [0.2, 0.25) is 0 Å². The zero-order valence-electron chi connectivity index (χ0n) is 17.0. The maximum absolute atomic E-state index is 6.22. The van der Waals surface area contributed by atoms with Gasteiger partial charge in [-0.15, -0.1) is 12.4 Å². The molecule has 0 radical (unpaired) electrons. The molecule has 2 aromatic carbocycles. The number of hydrogen-bond donors (Lipinski definition) is 1. The van der Waals surface area contributed by atoms with Gasteiger partial charge in [0.1, 0.15) is 17.3 Å². The van der Waals surface area contributed by atoms with Gasteiger partial charge in [-0.1, -0.05) is 30.3 Å². The van der Waals surface area contributed by atoms with Crippen molar-refractivity contribution >= 4 is 18.2 Å². The van der Waals surface area contributed by atoms with Crippen LogP contribution in [0.15, 0.2) is 66.9 Å². The standard InChI is InChI=1S/C23H27N3O2.ClH/c1-17(24)22-5-4-14-25-23(22)26(15-18-6-10-20(27-2)11-7-18)16-19-8-12-21(28-3)13-9-19;/h4-14,17H,15-16,24H2,1-3H3;1H. The molecule has 154 valence electrons. The van der Waals surface area contributed by atoms with Gasteiger partial charge < -0.3 is 20.1 Å². The Morgan fingerprint density at radius 1 is 0.862 bits per heavy atom. The Morgan fingerprint density at radius 3 is 1.76 bits per heavy atom. The molecule has 1 unspecified atom stereocenters. The summed E-state index contributed by atoms with van der Waals surface area (Å²) in [5, 5.41) is 0. The van der Waals surface area contributed by atoms with Crippen LogP contribution in [0.5, 0.6) is 11.5 Å². The summed E-state index contributed by atoms with van der Waals surface area (Å²) in [7, 11) is 3.35. The molecule has 6 heteroatoms. The molecule has 1 aromatic heterocycles. The summed E-state index contributed by atoms with van der Waals surface area (Å²) < 4.78 is 10.5. The molecule has 0 saturated heterocycles. The molecule has 0 saturated carbocycles. The molecule has 1 heterocycles. The van der Waals surface area contributed by atoms with Crippen molar-refractivity contribution in [2.45, 2.75) is 26.1 Å². The Hall–Kier alpha value is -2.76. The molecule has 0 bridgehead atoms. The minimum absolute atomic E-state index is 0. The summed E-state index contributed by atoms with van der Waals surface area (Å²) in [4.78, 5) is 6.91. The van der Waals surface area contributed by atoms with Crippen LogP contribution in [0.4, 0.5) is 5.82 Å². The first kappa shape index (κ1) is 22.5. The van der Waals surface area contributed by atoms with Crippen molar-refractivity contribution in [3.63, 3.8) is 0 Å². The van der Waals surface area contributed by atoms with Gasteiger partial charge in [-0.2, -0.15) is 0 Å². The maximum atomic E-state index is 6.22. The van der Waals surface area contributed by atoms with Crippen molar-refractivity contribution in [3.8, 4) is 11.5 Å². The number of nitrogens with two attached hydrogens (primary N) is 1. The SMILES string of the molecule is COc1ccc(CN(Cc2ccc(OC)cc2)c2ncccc2C(C)N)cc1.Cl. The van der Waals surface area contributed by atoms with Gasteiger partial charge in [-0.05, 0) is 48.4 Å². The number of halogens is 1. The first-order chi connectivity index (χ1) is 13.6. The number of aromatic nitrogens is 1. The van der Waals surface area contributed by atoms with E-state index in [-0.39, 0.29) is 18.4 Å². The van der Waals surface area contributed by atoms with Crippen molar-refractivity contribution in [1.29, 1.82) is 0 Å². The molecule has 0 spiro atoms. The van der Waals surface area contributed by atoms with Crippen molar-refractivity contribution < 1.29 is 9.47 Å². The van der Waals surface area contributed by atoms with E-state index >= 15 is 0 Å². The summed E-state index contributed by atoms with van der Waals surface area (Å²) in [5.74, 6) is 2.60. The van der Waals surface area contributed by atoms with Crippen LogP contribution >= 0.6 is 12.4 Å². The van der Waals surface area contributed by atoms with Gasteiger partial charge in [0.15, 0.2) is 0 Å². The lowest BCUT2D eigenvalue weighted by molar-refractivity contribution is 0.414. The van der Waals surface area contributed by atoms with Gasteiger partial charge >= 0.3 is 0 Å². The monoisotopic (exact) mass is 413 g/mol. The third kappa shape index (κ3) is 5.86. The first-order valence-electron chi connectivity index (χ1n) is 9.32. The number of anilines is 1. The molecule has 0 aliphatic heterocycles. The average molecular weight is 414 g/mol. The molecule has 3 aromatic rings. The van der Waals surface area contributed by atoms with Crippen molar-refractivity contribution in [3.05, 3.63) is 83.6 Å². The fraction of sp³-hybridized carbons (Fsp3) is 0.261. The largest absolute Gasteiger partial charge is 0.497 e. The number of ether oxygens (including phenoxy) is 2. The number of benzene rings is 2. The molecule has 0 aliphatic rings. The van der Waals surface area contributed by atoms with Crippen LogP contribution in [-0.2, 0) is 13.1 Å². The van der Waals surface area contributed by atoms with Crippen LogP contribution in [0, 0.1) is 0 Å². The summed E-state index contributed by atoms with van der Waals surface area (Å²) in [6, 6.07) is 20.1. The third-order valence-corrected chi connectivity index (χ3v) is 4.67. The normalized spacial score (nSPS) is 11.3. The van der Waals surface area contributed by atoms with E-state index in [1.165, 1.54) is 11.1 Å². The van der Waals surface area contributed by atoms with Gasteiger partial charge in [-0.25, -0.2) is 4.98 Å². The topological polar surface area (TPSA) is 60.6 Å². The summed E-state index contributed by atoms with van der Waals surface area (Å²) in [6.45, 7) is 3.42. The Bertz CT molecular complexity index is 834. The third-order valence-electron chi connectivity index (χ3n) is 4.67. The predicted octanol–water partition coefficient (Wildman–Crippen LogP) is 4.75. The van der Waals surface area contributed by atoms with Gasteiger partial charge in [-0.3, -0.25) is 0 Å². The second-order valence-corrected chi connectivity index (χ2v) is 6.76. The minimum atomic E-state index is -0.0991. The van der Waals surface area contributed by atoms with E-state index in [9.17, 15) is 0 Å². The maximum Gasteiger partial charge on any atom is 0.133 e. The lowest BCUT2D eigenvalue weighted by Crippen LogP contribution is -2.25. The number of pyridine rings is 1. The second kappa shape index (κ2) is 10.7. The minimum Gasteiger partial charge on any atom is -0.497 e. The van der Waals surface area contributed by atoms with E-state index < -0.39 is 0 Å². The average Bonchev–Trinajstić information content (AvgIpc) is 2.74. The van der Waals surface area contributed by atoms with Crippen molar-refractivity contribution in [1.82, 2.24) is 4.98 Å². The number of methoxy groups -OCH3 is 2. The van der Waals surface area contributed by atoms with Crippen molar-refractivity contribution in [2.24, 2.45) is 5.73 Å². The van der Waals surface area contributed by atoms with E-state index in [0.717, 1.165) is 22.9 Å². The molecule has 0 aliphatic carbocycles. The van der Waals surface area contributed by atoms with Gasteiger partial charge in [0.05, 0.1) is 14.2 Å². The molecule has 0 amide bonds. The molecular formula is C23H28ClN3O2. The Kier molecular flexibility index (Phi) is 8.31. The molecule has 0 fully saturated rings. The molecule has 2 N–H and O–H groups in total. The second-order valence-electron chi connectivity index (χ2n) is 6.76. The van der Waals surface area contributed by atoms with Crippen LogP contribution in [-0.4, -0.2) is 19.2 Å². The zero-order valence-corrected chi connectivity index (χ0v) is 17.9. The van der Waals surface area contributed by atoms with E-state index in [0.29, 0.717) is 13.1 Å². The number of nitrogens with zero attached hydrogens (tertiary/aromatic N) is 2. The molecule has 29 heavy (non-hydrogen) atoms. The smallest absolute Gasteiger partial charge is 0.133 e. The van der Waals surface area contributed by atoms with Gasteiger partial charge in [0, 0.05) is 30.9 Å². The molecule has 3 rings (SSSR count). The molecule has 5 nitrogen and oxygen atoms in total. The molecular weight excluding hydrogens is 386 g/mol. The van der Waals surface area contributed by atoms with Crippen LogP contribution in [0.25, 0.3) is 0 Å². The first-order valence-corrected chi connectivity index (χ1v) is 9.32. The van der Waals surface area contributed by atoms with Crippen LogP contribution < -0.4 is 20.1 Å². The van der Waals surface area contributed by atoms with Gasteiger partial charge in [0.25, 0.3) is 0 Å². The fourth-order valence-electron chi connectivity index (χ4n) is 3.14. The zero-order chi connectivity index (χ0) is 19.9. The highest BCUT2D eigenvalue weighted by Crippen LogP contribution is 2.26. The summed E-state index contributed by atoms with van der Waals surface area (Å²) in [6.07, 6.45) is 1.82. The van der Waals surface area contributed by atoms with Crippen LogP contribution in [0.3, 0.4) is 0 Å². The Labute approximate surface area is 178 Å². The molecule has 1 atom stereocenters. The highest BCUT2D eigenvalue weighted by atomic mass is 35.5. The summed E-state index contributed by atoms with van der Waals surface area (Å²) >= 11 is 0. The van der Waals surface area contributed by atoms with E-state index in [1.807, 2.05) is 49.5 Å². The van der Waals surface area contributed by atoms with E-state index in [2.05, 4.69) is 34.1 Å². The fourth-order valence-corrected chi connectivity index (χ4v) is 3.14. The van der Waals surface area contributed by atoms with E-state index in [4.69, 9.17) is 15.2 Å². The Balaban J connectivity index is 0.00000300. The Morgan fingerprint density at radius 2 is 1.34 bits per heavy atom. The quantitative estimate of drug-likeness (QED) is 0.577. The highest BCUT2D eigenvalue weighted by molar-refractivity contribution is 5.85. The summed E-state index contributed by atoms with van der Waals surface area (Å²) in [5.41, 5.74) is 9.60. The van der Waals surface area contributed by atoms with Crippen molar-refractivity contribution in [2.75, 3.05) is 19.1 Å². The van der Waals surface area contributed by atoms with Crippen LogP contribution in [0.2, 0.25) is 0 Å². The highest BCUT2D eigenvalue weighted by Gasteiger charge is 2.16. The lowest BCUT2D eigenvalue weighted by atomic mass is 10.1. The predicted molar refractivity (Wildman–Crippen MR) is 120 cm³/mol. The lowest BCUT2D eigenvalue weighted by Gasteiger charge is -2.27. The number of hydrogen-bond acceptors (Lipinski definition) is 5. The van der Waals surface area contributed by atoms with E-state index in [1.54, 1.807) is 14.2 Å².